The van der Waals surface area contributed by atoms with E-state index >= 15 is 0 Å². The van der Waals surface area contributed by atoms with E-state index in [1.165, 1.54) is 23.8 Å². The van der Waals surface area contributed by atoms with Gasteiger partial charge in [-0.2, -0.15) is 9.90 Å². The third kappa shape index (κ3) is 3.56. The highest BCUT2D eigenvalue weighted by Crippen LogP contribution is 2.17. The summed E-state index contributed by atoms with van der Waals surface area (Å²) >= 11 is 0. The third-order valence-electron chi connectivity index (χ3n) is 4.40. The first kappa shape index (κ1) is 16.3. The minimum atomic E-state index is -0.254. The summed E-state index contributed by atoms with van der Waals surface area (Å²) in [5.41, 5.74) is 2.06. The van der Waals surface area contributed by atoms with Gasteiger partial charge in [-0.05, 0) is 36.6 Å². The van der Waals surface area contributed by atoms with Gasteiger partial charge in [0, 0.05) is 25.8 Å². The standard InChI is InChI=1S/C19H20N6O/c26-19(17-14-22-25(23-17)16-6-2-1-3-7-16)21-13-15-8-9-18(20-12-15)24-10-4-5-11-24/h1-3,6-9,12,14H,4-5,10-11,13H2,(H,21,26). The van der Waals surface area contributed by atoms with Crippen LogP contribution in [0.15, 0.2) is 54.9 Å². The molecule has 1 fully saturated rings. The van der Waals surface area contributed by atoms with Crippen LogP contribution in [-0.2, 0) is 6.54 Å². The highest BCUT2D eigenvalue weighted by atomic mass is 16.2. The van der Waals surface area contributed by atoms with Crippen molar-refractivity contribution in [3.63, 3.8) is 0 Å². The Morgan fingerprint density at radius 1 is 1.04 bits per heavy atom. The highest BCUT2D eigenvalue weighted by molar-refractivity contribution is 5.91. The third-order valence-corrected chi connectivity index (χ3v) is 4.40. The Kier molecular flexibility index (Phi) is 4.59. The van der Waals surface area contributed by atoms with Crippen molar-refractivity contribution < 1.29 is 4.79 Å². The zero-order valence-electron chi connectivity index (χ0n) is 14.4. The first-order chi connectivity index (χ1) is 12.8. The number of nitrogens with one attached hydrogen (secondary N) is 1. The number of rotatable bonds is 5. The molecule has 132 valence electrons. The molecule has 0 aliphatic carbocycles. The molecule has 1 aliphatic heterocycles. The van der Waals surface area contributed by atoms with Crippen LogP contribution in [0.5, 0.6) is 0 Å². The lowest BCUT2D eigenvalue weighted by Crippen LogP contribution is -2.24. The van der Waals surface area contributed by atoms with Gasteiger partial charge in [-0.15, -0.1) is 5.10 Å². The number of amides is 1. The van der Waals surface area contributed by atoms with Crippen LogP contribution >= 0.6 is 0 Å². The molecule has 0 unspecified atom stereocenters. The molecule has 7 heteroatoms. The van der Waals surface area contributed by atoms with Crippen LogP contribution in [0.25, 0.3) is 5.69 Å². The average Bonchev–Trinajstić information content (AvgIpc) is 3.39. The van der Waals surface area contributed by atoms with E-state index in [0.717, 1.165) is 30.2 Å². The van der Waals surface area contributed by atoms with Gasteiger partial charge in [0.25, 0.3) is 5.91 Å². The lowest BCUT2D eigenvalue weighted by Gasteiger charge is -2.16. The Hall–Kier alpha value is -3.22. The summed E-state index contributed by atoms with van der Waals surface area (Å²) in [6, 6.07) is 13.5. The Morgan fingerprint density at radius 2 is 1.85 bits per heavy atom. The van der Waals surface area contributed by atoms with Crippen LogP contribution in [0.2, 0.25) is 0 Å². The summed E-state index contributed by atoms with van der Waals surface area (Å²) in [7, 11) is 0. The molecule has 1 N–H and O–H groups in total. The molecule has 0 radical (unpaired) electrons. The Bertz CT molecular complexity index is 869. The van der Waals surface area contributed by atoms with Gasteiger partial charge in [-0.3, -0.25) is 4.79 Å². The summed E-state index contributed by atoms with van der Waals surface area (Å²) < 4.78 is 0. The van der Waals surface area contributed by atoms with Crippen molar-refractivity contribution in [3.05, 3.63) is 66.1 Å². The second-order valence-electron chi connectivity index (χ2n) is 6.26. The van der Waals surface area contributed by atoms with Crippen LogP contribution in [0.1, 0.15) is 28.9 Å². The van der Waals surface area contributed by atoms with Gasteiger partial charge in [0.05, 0.1) is 11.9 Å². The summed E-state index contributed by atoms with van der Waals surface area (Å²) in [4.78, 5) is 20.5. The van der Waals surface area contributed by atoms with Gasteiger partial charge >= 0.3 is 0 Å². The number of nitrogens with zero attached hydrogens (tertiary/aromatic N) is 5. The number of pyridine rings is 1. The first-order valence-electron chi connectivity index (χ1n) is 8.75. The summed E-state index contributed by atoms with van der Waals surface area (Å²) in [6.45, 7) is 2.55. The monoisotopic (exact) mass is 348 g/mol. The second-order valence-corrected chi connectivity index (χ2v) is 6.26. The molecule has 3 aromatic rings. The fourth-order valence-electron chi connectivity index (χ4n) is 2.98. The predicted octanol–water partition coefficient (Wildman–Crippen LogP) is 2.19. The maximum atomic E-state index is 12.3. The van der Waals surface area contributed by atoms with Crippen molar-refractivity contribution in [1.29, 1.82) is 0 Å². The number of carbonyl (C=O) groups excluding carboxylic acids is 1. The minimum absolute atomic E-state index is 0.254. The molecule has 2 aromatic heterocycles. The van der Waals surface area contributed by atoms with Crippen molar-refractivity contribution in [1.82, 2.24) is 25.3 Å². The molecule has 0 saturated carbocycles. The zero-order chi connectivity index (χ0) is 17.8. The number of carbonyl (C=O) groups is 1. The van der Waals surface area contributed by atoms with E-state index < -0.39 is 0 Å². The fraction of sp³-hybridized carbons (Fsp3) is 0.263. The summed E-state index contributed by atoms with van der Waals surface area (Å²) in [6.07, 6.45) is 5.73. The number of hydrogen-bond acceptors (Lipinski definition) is 5. The molecule has 4 rings (SSSR count). The van der Waals surface area contributed by atoms with E-state index in [4.69, 9.17) is 0 Å². The van der Waals surface area contributed by atoms with Crippen molar-refractivity contribution in [2.45, 2.75) is 19.4 Å². The number of aromatic nitrogens is 4. The molecule has 0 spiro atoms. The van der Waals surface area contributed by atoms with Gasteiger partial charge in [0.2, 0.25) is 0 Å². The van der Waals surface area contributed by atoms with Gasteiger partial charge in [0.1, 0.15) is 5.82 Å². The molecule has 26 heavy (non-hydrogen) atoms. The van der Waals surface area contributed by atoms with E-state index in [-0.39, 0.29) is 11.6 Å². The molecule has 1 saturated heterocycles. The number of anilines is 1. The number of hydrogen-bond donors (Lipinski definition) is 1. The largest absolute Gasteiger partial charge is 0.357 e. The average molecular weight is 348 g/mol. The Balaban J connectivity index is 1.36. The Labute approximate surface area is 151 Å². The number of benzene rings is 1. The summed E-state index contributed by atoms with van der Waals surface area (Å²) in [5, 5.41) is 11.2. The van der Waals surface area contributed by atoms with Gasteiger partial charge in [0.15, 0.2) is 5.69 Å². The van der Waals surface area contributed by atoms with Gasteiger partial charge in [-0.1, -0.05) is 24.3 Å². The number of para-hydroxylation sites is 1. The van der Waals surface area contributed by atoms with Gasteiger partial charge < -0.3 is 10.2 Å². The molecule has 1 aliphatic rings. The molecule has 0 bridgehead atoms. The van der Waals surface area contributed by atoms with Crippen molar-refractivity contribution >= 4 is 11.7 Å². The molecule has 1 amide bonds. The SMILES string of the molecule is O=C(NCc1ccc(N2CCCC2)nc1)c1cnn(-c2ccccc2)n1. The van der Waals surface area contributed by atoms with Crippen LogP contribution in [-0.4, -0.2) is 39.0 Å². The second kappa shape index (κ2) is 7.35. The lowest BCUT2D eigenvalue weighted by molar-refractivity contribution is 0.0945. The summed E-state index contributed by atoms with van der Waals surface area (Å²) in [5.74, 6) is 0.749. The molecular weight excluding hydrogens is 328 g/mol. The van der Waals surface area contributed by atoms with E-state index in [1.807, 2.05) is 48.7 Å². The smallest absolute Gasteiger partial charge is 0.273 e. The highest BCUT2D eigenvalue weighted by Gasteiger charge is 2.14. The molecule has 0 atom stereocenters. The normalized spacial score (nSPS) is 13.8. The maximum Gasteiger partial charge on any atom is 0.273 e. The fourth-order valence-corrected chi connectivity index (χ4v) is 2.98. The van der Waals surface area contributed by atoms with Crippen LogP contribution in [0, 0.1) is 0 Å². The van der Waals surface area contributed by atoms with E-state index in [1.54, 1.807) is 0 Å². The van der Waals surface area contributed by atoms with Gasteiger partial charge in [-0.25, -0.2) is 4.98 Å². The molecule has 3 heterocycles. The zero-order valence-corrected chi connectivity index (χ0v) is 14.4. The predicted molar refractivity (Wildman–Crippen MR) is 98.2 cm³/mol. The first-order valence-corrected chi connectivity index (χ1v) is 8.75. The van der Waals surface area contributed by atoms with Crippen LogP contribution < -0.4 is 10.2 Å². The van der Waals surface area contributed by atoms with Crippen molar-refractivity contribution in [3.8, 4) is 5.69 Å². The minimum Gasteiger partial charge on any atom is -0.357 e. The van der Waals surface area contributed by atoms with Crippen molar-refractivity contribution in [2.24, 2.45) is 0 Å². The topological polar surface area (TPSA) is 75.9 Å². The molecular formula is C19H20N6O. The van der Waals surface area contributed by atoms with Crippen LogP contribution in [0.4, 0.5) is 5.82 Å². The van der Waals surface area contributed by atoms with Crippen LogP contribution in [0.3, 0.4) is 0 Å². The maximum absolute atomic E-state index is 12.3. The lowest BCUT2D eigenvalue weighted by atomic mass is 10.2. The van der Waals surface area contributed by atoms with Crippen molar-refractivity contribution in [2.75, 3.05) is 18.0 Å². The molecule has 7 nitrogen and oxygen atoms in total. The quantitative estimate of drug-likeness (QED) is 0.765. The Morgan fingerprint density at radius 3 is 2.58 bits per heavy atom. The van der Waals surface area contributed by atoms with E-state index in [0.29, 0.717) is 6.54 Å². The van der Waals surface area contributed by atoms with E-state index in [9.17, 15) is 4.79 Å². The van der Waals surface area contributed by atoms with E-state index in [2.05, 4.69) is 25.4 Å². The molecule has 1 aromatic carbocycles.